The largest absolute Gasteiger partial charge is 0.456 e. The second kappa shape index (κ2) is 14.8. The van der Waals surface area contributed by atoms with Crippen molar-refractivity contribution in [1.82, 2.24) is 9.13 Å². The predicted octanol–water partition coefficient (Wildman–Crippen LogP) is 14.4. The zero-order chi connectivity index (χ0) is 45.2. The Morgan fingerprint density at radius 2 is 0.870 bits per heavy atom. The van der Waals surface area contributed by atoms with Crippen LogP contribution in [0.2, 0.25) is 0 Å². The first-order chi connectivity index (χ1) is 34.2. The average Bonchev–Trinajstić information content (AvgIpc) is 4.08. The predicted molar refractivity (Wildman–Crippen MR) is 293 cm³/mol. The molecule has 3 nitrogen and oxygen atoms in total. The lowest BCUT2D eigenvalue weighted by Crippen LogP contribution is -2.76. The SMILES string of the molecule is c1ccc2c(-c3ccc4c(c3)[Si](c3ccc(-n5c6ccccc6c6ccccc65)cc3)(c3ccc5oc6ccccc6c5c3)c3ccc(-n5c6ccccc6c6ccccc65)cc3S4)cccc2c1. The minimum absolute atomic E-state index is 0.905. The van der Waals surface area contributed by atoms with Crippen LogP contribution >= 0.6 is 11.8 Å². The summed E-state index contributed by atoms with van der Waals surface area (Å²) < 4.78 is 11.4. The standard InChI is InChI=1S/C64H40N2OSSi/c1-2-16-47-41(14-1)15-13-22-48(47)42-28-36-61-64(38-42)69(46-34-35-60-54(40-46)53-21-7-12-27-59(53)67-60,45-32-29-43(30-33-45)65-55-23-8-3-17-49(55)50-18-4-9-24-56(50)65)63-37-31-44(39-62(63)68-61)66-57-25-10-5-19-51(57)52-20-6-11-26-58(52)66/h1-40H. The van der Waals surface area contributed by atoms with Crippen LogP contribution in [0.3, 0.4) is 0 Å². The molecule has 0 aliphatic carbocycles. The van der Waals surface area contributed by atoms with E-state index in [0.717, 1.165) is 33.3 Å². The van der Waals surface area contributed by atoms with Gasteiger partial charge in [0.2, 0.25) is 0 Å². The summed E-state index contributed by atoms with van der Waals surface area (Å²) in [6.07, 6.45) is 0. The Labute approximate surface area is 403 Å². The third-order valence-electron chi connectivity index (χ3n) is 14.9. The summed E-state index contributed by atoms with van der Waals surface area (Å²) in [4.78, 5) is 2.58. The van der Waals surface area contributed by atoms with Gasteiger partial charge in [0, 0.05) is 53.5 Å². The molecule has 1 aliphatic rings. The second-order valence-corrected chi connectivity index (χ2v) is 23.2. The first kappa shape index (κ1) is 38.7. The number of hydrogen-bond donors (Lipinski definition) is 0. The molecule has 0 radical (unpaired) electrons. The lowest BCUT2D eigenvalue weighted by atomic mass is 9.98. The van der Waals surface area contributed by atoms with Crippen LogP contribution in [0.25, 0.3) is 98.8 Å². The van der Waals surface area contributed by atoms with E-state index in [2.05, 4.69) is 252 Å². The second-order valence-electron chi connectivity index (χ2n) is 18.4. The van der Waals surface area contributed by atoms with E-state index < -0.39 is 8.07 Å². The van der Waals surface area contributed by atoms with Gasteiger partial charge in [-0.3, -0.25) is 0 Å². The van der Waals surface area contributed by atoms with Gasteiger partial charge in [0.15, 0.2) is 8.07 Å². The molecule has 0 saturated heterocycles. The molecule has 0 fully saturated rings. The van der Waals surface area contributed by atoms with E-state index in [4.69, 9.17) is 4.42 Å². The quantitative estimate of drug-likeness (QED) is 0.161. The van der Waals surface area contributed by atoms with Crippen LogP contribution < -0.4 is 20.7 Å². The van der Waals surface area contributed by atoms with Gasteiger partial charge in [-0.1, -0.05) is 188 Å². The lowest BCUT2D eigenvalue weighted by Gasteiger charge is -2.40. The molecular formula is C64H40N2OSSi. The fourth-order valence-electron chi connectivity index (χ4n) is 11.9. The highest BCUT2D eigenvalue weighted by atomic mass is 32.2. The number of para-hydroxylation sites is 5. The summed E-state index contributed by atoms with van der Waals surface area (Å²) in [6.45, 7) is 0. The number of aromatic nitrogens is 2. The van der Waals surface area contributed by atoms with E-state index in [1.165, 1.54) is 96.0 Å². The van der Waals surface area contributed by atoms with Crippen LogP contribution in [0.5, 0.6) is 0 Å². The molecule has 1 aliphatic heterocycles. The van der Waals surface area contributed by atoms with Gasteiger partial charge in [0.25, 0.3) is 0 Å². The topological polar surface area (TPSA) is 23.0 Å². The van der Waals surface area contributed by atoms with Gasteiger partial charge in [-0.25, -0.2) is 0 Å². The van der Waals surface area contributed by atoms with Crippen LogP contribution in [0, 0.1) is 0 Å². The van der Waals surface area contributed by atoms with E-state index in [0.29, 0.717) is 0 Å². The molecule has 0 saturated carbocycles. The number of rotatable bonds is 5. The molecule has 1 unspecified atom stereocenters. The van der Waals surface area contributed by atoms with Gasteiger partial charge in [-0.2, -0.15) is 0 Å². The maximum absolute atomic E-state index is 6.55. The highest BCUT2D eigenvalue weighted by Gasteiger charge is 2.48. The van der Waals surface area contributed by atoms with Crippen molar-refractivity contribution < 1.29 is 4.42 Å². The first-order valence-electron chi connectivity index (χ1n) is 23.7. The fraction of sp³-hybridized carbons (Fsp3) is 0. The Morgan fingerprint density at radius 1 is 0.333 bits per heavy atom. The third kappa shape index (κ3) is 5.57. The minimum atomic E-state index is -3.20. The van der Waals surface area contributed by atoms with Crippen molar-refractivity contribution in [2.24, 2.45) is 0 Å². The smallest absolute Gasteiger partial charge is 0.181 e. The average molecular weight is 913 g/mol. The summed E-state index contributed by atoms with van der Waals surface area (Å²) >= 11 is 1.91. The number of fused-ring (bicyclic) bond motifs is 12. The number of hydrogen-bond acceptors (Lipinski definition) is 2. The number of nitrogens with zero attached hydrogens (tertiary/aromatic N) is 2. The number of furan rings is 1. The molecule has 14 aromatic rings. The summed E-state index contributed by atoms with van der Waals surface area (Å²) in [6, 6.07) is 90.6. The van der Waals surface area contributed by atoms with Crippen molar-refractivity contribution in [3.63, 3.8) is 0 Å². The summed E-state index contributed by atoms with van der Waals surface area (Å²) in [7, 11) is -3.20. The van der Waals surface area contributed by atoms with E-state index in [9.17, 15) is 0 Å². The van der Waals surface area contributed by atoms with Crippen molar-refractivity contribution in [3.05, 3.63) is 243 Å². The molecule has 0 bridgehead atoms. The monoisotopic (exact) mass is 912 g/mol. The van der Waals surface area contributed by atoms with Crippen molar-refractivity contribution in [2.75, 3.05) is 0 Å². The lowest BCUT2D eigenvalue weighted by molar-refractivity contribution is 0.669. The van der Waals surface area contributed by atoms with Crippen molar-refractivity contribution >= 4 is 117 Å². The maximum Gasteiger partial charge on any atom is 0.181 e. The van der Waals surface area contributed by atoms with Gasteiger partial charge in [0.05, 0.1) is 22.1 Å². The Kier molecular flexibility index (Phi) is 8.32. The molecule has 322 valence electrons. The van der Waals surface area contributed by atoms with Crippen LogP contribution in [-0.4, -0.2) is 17.2 Å². The molecule has 11 aromatic carbocycles. The third-order valence-corrected chi connectivity index (χ3v) is 21.2. The molecule has 5 heteroatoms. The van der Waals surface area contributed by atoms with Crippen LogP contribution in [0.4, 0.5) is 0 Å². The van der Waals surface area contributed by atoms with Crippen LogP contribution in [0.1, 0.15) is 0 Å². The molecule has 15 rings (SSSR count). The summed E-state index contributed by atoms with van der Waals surface area (Å²) in [5.41, 5.74) is 11.4. The van der Waals surface area contributed by atoms with E-state index >= 15 is 0 Å². The zero-order valence-corrected chi connectivity index (χ0v) is 39.1. The van der Waals surface area contributed by atoms with Gasteiger partial charge < -0.3 is 13.6 Å². The van der Waals surface area contributed by atoms with Crippen molar-refractivity contribution in [3.8, 4) is 22.5 Å². The van der Waals surface area contributed by atoms with Gasteiger partial charge in [-0.05, 0) is 109 Å². The molecule has 0 amide bonds. The van der Waals surface area contributed by atoms with E-state index in [1.807, 2.05) is 11.8 Å². The maximum atomic E-state index is 6.55. The molecule has 0 N–H and O–H groups in total. The highest BCUT2D eigenvalue weighted by molar-refractivity contribution is 8.00. The van der Waals surface area contributed by atoms with Crippen molar-refractivity contribution in [1.29, 1.82) is 0 Å². The van der Waals surface area contributed by atoms with Gasteiger partial charge >= 0.3 is 0 Å². The summed E-state index contributed by atoms with van der Waals surface area (Å²) in [5.74, 6) is 0. The first-order valence-corrected chi connectivity index (χ1v) is 26.5. The molecule has 69 heavy (non-hydrogen) atoms. The van der Waals surface area contributed by atoms with Crippen LogP contribution in [-0.2, 0) is 0 Å². The Hall–Kier alpha value is -8.35. The Balaban J connectivity index is 1.04. The molecular weight excluding hydrogens is 873 g/mol. The van der Waals surface area contributed by atoms with E-state index in [-0.39, 0.29) is 0 Å². The number of benzene rings is 11. The van der Waals surface area contributed by atoms with E-state index in [1.54, 1.807) is 0 Å². The molecule has 4 heterocycles. The zero-order valence-electron chi connectivity index (χ0n) is 37.3. The van der Waals surface area contributed by atoms with Gasteiger partial charge in [-0.15, -0.1) is 0 Å². The molecule has 3 aromatic heterocycles. The Morgan fingerprint density at radius 3 is 1.55 bits per heavy atom. The fourth-order valence-corrected chi connectivity index (χ4v) is 18.8. The van der Waals surface area contributed by atoms with Crippen molar-refractivity contribution in [2.45, 2.75) is 9.79 Å². The normalized spacial score (nSPS) is 14.7. The Bertz CT molecular complexity index is 4310. The highest BCUT2D eigenvalue weighted by Crippen LogP contribution is 2.40. The minimum Gasteiger partial charge on any atom is -0.456 e. The molecule has 1 atom stereocenters. The van der Waals surface area contributed by atoms with Gasteiger partial charge in [0.1, 0.15) is 11.2 Å². The summed E-state index contributed by atoms with van der Waals surface area (Å²) in [5, 5.41) is 15.3. The molecule has 0 spiro atoms. The van der Waals surface area contributed by atoms with Crippen LogP contribution in [0.15, 0.2) is 257 Å².